The molecule has 0 spiro atoms. The van der Waals surface area contributed by atoms with Gasteiger partial charge in [0.15, 0.2) is 17.3 Å². The molecule has 0 unspecified atom stereocenters. The highest BCUT2D eigenvalue weighted by molar-refractivity contribution is 9.10. The molecule has 1 aliphatic heterocycles. The van der Waals surface area contributed by atoms with Crippen molar-refractivity contribution in [2.45, 2.75) is 51.0 Å². The predicted molar refractivity (Wildman–Crippen MR) is 131 cm³/mol. The number of hydrogen-bond donors (Lipinski definition) is 0. The highest BCUT2D eigenvalue weighted by atomic mass is 79.9. The lowest BCUT2D eigenvalue weighted by atomic mass is 9.73. The summed E-state index contributed by atoms with van der Waals surface area (Å²) in [6.07, 6.45) is 3.80. The average molecular weight is 548 g/mol. The normalized spacial score (nSPS) is 18.8. The van der Waals surface area contributed by atoms with Gasteiger partial charge in [-0.1, -0.05) is 51.3 Å². The zero-order valence-corrected chi connectivity index (χ0v) is 20.9. The Morgan fingerprint density at radius 3 is 1.97 bits per heavy atom. The molecule has 0 radical (unpaired) electrons. The minimum atomic E-state index is -0.500. The van der Waals surface area contributed by atoms with Crippen molar-refractivity contribution in [1.29, 1.82) is 0 Å². The molecule has 1 heterocycles. The molecule has 33 heavy (non-hydrogen) atoms. The van der Waals surface area contributed by atoms with Crippen molar-refractivity contribution in [3.05, 3.63) is 84.7 Å². The lowest BCUT2D eigenvalue weighted by Crippen LogP contribution is -2.30. The van der Waals surface area contributed by atoms with E-state index >= 15 is 0 Å². The molecule has 0 bridgehead atoms. The zero-order valence-electron chi connectivity index (χ0n) is 17.8. The third-order valence-corrected chi connectivity index (χ3v) is 7.38. The highest BCUT2D eigenvalue weighted by Gasteiger charge is 2.42. The molecular weight excluding hydrogens is 527 g/mol. The first-order valence-corrected chi connectivity index (χ1v) is 12.5. The summed E-state index contributed by atoms with van der Waals surface area (Å²) in [4.78, 5) is 25.9. The summed E-state index contributed by atoms with van der Waals surface area (Å²) in [5, 5.41) is 0.689. The second kappa shape index (κ2) is 9.28. The topological polar surface area (TPSA) is 52.6 Å². The first-order valence-electron chi connectivity index (χ1n) is 11.0. The SMILES string of the molecule is O=C1CCCC2=C1C(c1cc(Cl)c(OCc3ccc(Br)cc3)c(Cl)c1)C1=C(CCCC1=O)O2. The molecule has 0 N–H and O–H groups in total. The number of ether oxygens (including phenoxy) is 2. The summed E-state index contributed by atoms with van der Waals surface area (Å²) in [5.41, 5.74) is 2.84. The smallest absolute Gasteiger partial charge is 0.163 e. The number of Topliss-reactive ketones (excluding diaryl/α,β-unsaturated/α-hetero) is 2. The standard InChI is InChI=1S/C26H21BrCl2O4/c27-16-9-7-14(8-10-16)13-32-26-17(28)11-15(12-18(26)29)23-24-19(30)3-1-5-21(24)33-22-6-2-4-20(31)25(22)23/h7-12,23H,1-6,13H2. The van der Waals surface area contributed by atoms with Crippen LogP contribution in [0.1, 0.15) is 55.6 Å². The van der Waals surface area contributed by atoms with Crippen molar-refractivity contribution in [3.63, 3.8) is 0 Å². The van der Waals surface area contributed by atoms with Crippen LogP contribution < -0.4 is 4.74 Å². The van der Waals surface area contributed by atoms with Gasteiger partial charge in [-0.3, -0.25) is 9.59 Å². The maximum Gasteiger partial charge on any atom is 0.163 e. The van der Waals surface area contributed by atoms with Gasteiger partial charge in [-0.2, -0.15) is 0 Å². The fourth-order valence-corrected chi connectivity index (χ4v) is 5.65. The van der Waals surface area contributed by atoms with E-state index in [4.69, 9.17) is 32.7 Å². The van der Waals surface area contributed by atoms with Gasteiger partial charge in [-0.25, -0.2) is 0 Å². The highest BCUT2D eigenvalue weighted by Crippen LogP contribution is 2.49. The second-order valence-electron chi connectivity index (χ2n) is 8.49. The van der Waals surface area contributed by atoms with Crippen LogP contribution in [0, 0.1) is 0 Å². The number of benzene rings is 2. The van der Waals surface area contributed by atoms with Crippen LogP contribution in [0.5, 0.6) is 5.75 Å². The lowest BCUT2D eigenvalue weighted by Gasteiger charge is -2.36. The Bertz CT molecular complexity index is 1150. The summed E-state index contributed by atoms with van der Waals surface area (Å²) >= 11 is 16.7. The maximum atomic E-state index is 12.9. The van der Waals surface area contributed by atoms with E-state index in [2.05, 4.69) is 15.9 Å². The van der Waals surface area contributed by atoms with E-state index in [0.717, 1.165) is 28.4 Å². The van der Waals surface area contributed by atoms with Crippen LogP contribution in [-0.4, -0.2) is 11.6 Å². The van der Waals surface area contributed by atoms with E-state index in [-0.39, 0.29) is 11.6 Å². The molecule has 0 amide bonds. The summed E-state index contributed by atoms with van der Waals surface area (Å²) in [6.45, 7) is 0.310. The molecule has 4 nitrogen and oxygen atoms in total. The molecule has 2 aromatic carbocycles. The van der Waals surface area contributed by atoms with Crippen molar-refractivity contribution in [2.24, 2.45) is 0 Å². The molecule has 5 rings (SSSR count). The second-order valence-corrected chi connectivity index (χ2v) is 10.2. The van der Waals surface area contributed by atoms with Crippen LogP contribution in [0.4, 0.5) is 0 Å². The monoisotopic (exact) mass is 546 g/mol. The molecule has 2 aliphatic carbocycles. The molecule has 0 atom stereocenters. The Morgan fingerprint density at radius 1 is 0.879 bits per heavy atom. The van der Waals surface area contributed by atoms with Gasteiger partial charge in [0.1, 0.15) is 18.1 Å². The molecule has 0 aromatic heterocycles. The van der Waals surface area contributed by atoms with Gasteiger partial charge in [0.25, 0.3) is 0 Å². The first kappa shape index (κ1) is 22.7. The van der Waals surface area contributed by atoms with Crippen LogP contribution in [0.15, 0.2) is 63.5 Å². The van der Waals surface area contributed by atoms with E-state index in [9.17, 15) is 9.59 Å². The quantitative estimate of drug-likeness (QED) is 0.398. The number of ketones is 2. The van der Waals surface area contributed by atoms with Crippen LogP contribution in [-0.2, 0) is 20.9 Å². The molecule has 2 aromatic rings. The van der Waals surface area contributed by atoms with Crippen molar-refractivity contribution < 1.29 is 19.1 Å². The van der Waals surface area contributed by atoms with Gasteiger partial charge in [-0.05, 0) is 48.2 Å². The number of halogens is 3. The largest absolute Gasteiger partial charge is 0.486 e. The van der Waals surface area contributed by atoms with E-state index < -0.39 is 5.92 Å². The van der Waals surface area contributed by atoms with Gasteiger partial charge in [0.05, 0.1) is 10.0 Å². The zero-order chi connectivity index (χ0) is 23.1. The molecule has 7 heteroatoms. The first-order chi connectivity index (χ1) is 15.9. The minimum Gasteiger partial charge on any atom is -0.486 e. The van der Waals surface area contributed by atoms with Crippen molar-refractivity contribution in [2.75, 3.05) is 0 Å². The Labute approximate surface area is 210 Å². The number of rotatable bonds is 4. The third-order valence-electron chi connectivity index (χ3n) is 6.29. The molecule has 0 fully saturated rings. The predicted octanol–water partition coefficient (Wildman–Crippen LogP) is 7.46. The van der Waals surface area contributed by atoms with Crippen molar-refractivity contribution in [1.82, 2.24) is 0 Å². The summed E-state index contributed by atoms with van der Waals surface area (Å²) < 4.78 is 13.0. The molecule has 170 valence electrons. The summed E-state index contributed by atoms with van der Waals surface area (Å²) in [6, 6.07) is 11.3. The van der Waals surface area contributed by atoms with Crippen LogP contribution in [0.2, 0.25) is 10.0 Å². The number of carbonyl (C=O) groups excluding carboxylic acids is 2. The van der Waals surface area contributed by atoms with E-state index in [0.29, 0.717) is 70.7 Å². The fraction of sp³-hybridized carbons (Fsp3) is 0.308. The van der Waals surface area contributed by atoms with Gasteiger partial charge < -0.3 is 9.47 Å². The molecular formula is C26H21BrCl2O4. The Balaban J connectivity index is 1.52. The van der Waals surface area contributed by atoms with Gasteiger partial charge in [0.2, 0.25) is 0 Å². The summed E-state index contributed by atoms with van der Waals surface area (Å²) in [7, 11) is 0. The molecule has 0 saturated carbocycles. The summed E-state index contributed by atoms with van der Waals surface area (Å²) in [5.74, 6) is 1.30. The lowest BCUT2D eigenvalue weighted by molar-refractivity contribution is -0.117. The van der Waals surface area contributed by atoms with Crippen LogP contribution in [0.3, 0.4) is 0 Å². The van der Waals surface area contributed by atoms with E-state index in [1.165, 1.54) is 0 Å². The average Bonchev–Trinajstić information content (AvgIpc) is 2.79. The Hall–Kier alpha value is -2.08. The van der Waals surface area contributed by atoms with Gasteiger partial charge in [-0.15, -0.1) is 0 Å². The minimum absolute atomic E-state index is 0.0222. The number of hydrogen-bond acceptors (Lipinski definition) is 4. The Morgan fingerprint density at radius 2 is 1.42 bits per heavy atom. The maximum absolute atomic E-state index is 12.9. The number of allylic oxidation sites excluding steroid dienone is 4. The number of carbonyl (C=O) groups is 2. The third kappa shape index (κ3) is 4.39. The fourth-order valence-electron chi connectivity index (χ4n) is 4.77. The van der Waals surface area contributed by atoms with Crippen LogP contribution in [0.25, 0.3) is 0 Å². The van der Waals surface area contributed by atoms with E-state index in [1.807, 2.05) is 24.3 Å². The molecule has 3 aliphatic rings. The Kier molecular flexibility index (Phi) is 6.39. The van der Waals surface area contributed by atoms with Crippen molar-refractivity contribution >= 4 is 50.7 Å². The van der Waals surface area contributed by atoms with Crippen LogP contribution >= 0.6 is 39.1 Å². The molecule has 0 saturated heterocycles. The van der Waals surface area contributed by atoms with E-state index in [1.54, 1.807) is 12.1 Å². The van der Waals surface area contributed by atoms with Gasteiger partial charge in [0, 0.05) is 47.2 Å². The van der Waals surface area contributed by atoms with Gasteiger partial charge >= 0.3 is 0 Å². The van der Waals surface area contributed by atoms with Crippen molar-refractivity contribution in [3.8, 4) is 5.75 Å².